The summed E-state index contributed by atoms with van der Waals surface area (Å²) in [6.45, 7) is 0. The van der Waals surface area contributed by atoms with Gasteiger partial charge >= 0.3 is 11.4 Å². The number of fused-ring (bicyclic) bond motifs is 1. The Morgan fingerprint density at radius 2 is 2.38 bits per heavy atom. The van der Waals surface area contributed by atoms with E-state index in [0.717, 1.165) is 10.2 Å². The highest BCUT2D eigenvalue weighted by atomic mass is 32.2. The molecule has 1 N–H and O–H groups in total. The predicted molar refractivity (Wildman–Crippen MR) is 51.0 cm³/mol. The van der Waals surface area contributed by atoms with Gasteiger partial charge in [-0.15, -0.1) is 11.3 Å². The molecule has 68 valence electrons. The van der Waals surface area contributed by atoms with Crippen molar-refractivity contribution in [3.63, 3.8) is 0 Å². The molecular weight excluding hydrogens is 210 g/mol. The molecule has 0 bridgehead atoms. The minimum Gasteiger partial charge on any atom is -0.379 e. The van der Waals surface area contributed by atoms with E-state index in [-0.39, 0.29) is 0 Å². The van der Waals surface area contributed by atoms with Crippen molar-refractivity contribution < 1.29 is 12.9 Å². The Kier molecular flexibility index (Phi) is 2.26. The van der Waals surface area contributed by atoms with Crippen LogP contribution < -0.4 is 4.18 Å². The van der Waals surface area contributed by atoms with Gasteiger partial charge in [-0.3, -0.25) is 4.55 Å². The highest BCUT2D eigenvalue weighted by Crippen LogP contribution is 2.28. The second-order valence-corrected chi connectivity index (χ2v) is 3.71. The van der Waals surface area contributed by atoms with Crippen molar-refractivity contribution >= 4 is 32.9 Å². The van der Waals surface area contributed by atoms with Gasteiger partial charge in [-0.05, 0) is 12.1 Å². The van der Waals surface area contributed by atoms with Crippen LogP contribution in [0.5, 0.6) is 5.75 Å². The van der Waals surface area contributed by atoms with Crippen LogP contribution in [-0.4, -0.2) is 13.7 Å². The number of hydrogen-bond acceptors (Lipinski definition) is 4. The number of benzene rings is 1. The minimum absolute atomic E-state index is 0.390. The lowest BCUT2D eigenvalue weighted by molar-refractivity contribution is 0.460. The van der Waals surface area contributed by atoms with Crippen LogP contribution >= 0.6 is 11.3 Å². The Bertz CT molecular complexity index is 454. The zero-order chi connectivity index (χ0) is 9.26. The van der Waals surface area contributed by atoms with Crippen LogP contribution in [0.1, 0.15) is 0 Å². The number of aromatic nitrogens is 1. The van der Waals surface area contributed by atoms with E-state index in [1.54, 1.807) is 17.6 Å². The summed E-state index contributed by atoms with van der Waals surface area (Å²) in [6, 6.07) is 5.18. The van der Waals surface area contributed by atoms with Crippen LogP contribution in [0, 0.1) is 0 Å². The first-order valence-corrected chi connectivity index (χ1v) is 5.30. The molecular formula is C7H5NO3S2. The monoisotopic (exact) mass is 215 g/mol. The van der Waals surface area contributed by atoms with Crippen LogP contribution in [0.15, 0.2) is 23.7 Å². The van der Waals surface area contributed by atoms with E-state index in [1.165, 1.54) is 11.3 Å². The summed E-state index contributed by atoms with van der Waals surface area (Å²) in [4.78, 5) is 4.04. The number of thiazole rings is 1. The van der Waals surface area contributed by atoms with E-state index in [0.29, 0.717) is 5.75 Å². The maximum absolute atomic E-state index is 10.4. The Hall–Kier alpha value is -0.980. The van der Waals surface area contributed by atoms with Crippen molar-refractivity contribution in [1.29, 1.82) is 0 Å². The molecule has 13 heavy (non-hydrogen) atoms. The van der Waals surface area contributed by atoms with E-state index in [4.69, 9.17) is 4.55 Å². The Morgan fingerprint density at radius 3 is 3.15 bits per heavy atom. The zero-order valence-electron chi connectivity index (χ0n) is 6.34. The average molecular weight is 215 g/mol. The normalized spacial score (nSPS) is 13.0. The Morgan fingerprint density at radius 1 is 1.54 bits per heavy atom. The summed E-state index contributed by atoms with van der Waals surface area (Å²) >= 11 is -0.904. The quantitative estimate of drug-likeness (QED) is 0.776. The van der Waals surface area contributed by atoms with Crippen LogP contribution in [0.25, 0.3) is 10.2 Å². The van der Waals surface area contributed by atoms with Crippen molar-refractivity contribution in [2.75, 3.05) is 0 Å². The van der Waals surface area contributed by atoms with Crippen LogP contribution in [0.3, 0.4) is 0 Å². The van der Waals surface area contributed by atoms with Crippen LogP contribution in [0.2, 0.25) is 0 Å². The number of nitrogens with zero attached hydrogens (tertiary/aromatic N) is 1. The van der Waals surface area contributed by atoms with Crippen LogP contribution in [-0.2, 0) is 11.4 Å². The maximum Gasteiger partial charge on any atom is 0.357 e. The molecule has 2 aromatic rings. The van der Waals surface area contributed by atoms with Gasteiger partial charge in [0, 0.05) is 0 Å². The van der Waals surface area contributed by atoms with Gasteiger partial charge in [0.15, 0.2) is 5.75 Å². The molecule has 1 aromatic carbocycles. The summed E-state index contributed by atoms with van der Waals surface area (Å²) in [6.07, 6.45) is 0. The summed E-state index contributed by atoms with van der Waals surface area (Å²) in [5, 5.41) is 0. The smallest absolute Gasteiger partial charge is 0.357 e. The van der Waals surface area contributed by atoms with E-state index in [9.17, 15) is 4.21 Å². The lowest BCUT2D eigenvalue weighted by Gasteiger charge is -1.99. The van der Waals surface area contributed by atoms with Gasteiger partial charge < -0.3 is 4.18 Å². The fraction of sp³-hybridized carbons (Fsp3) is 0. The van der Waals surface area contributed by atoms with Crippen molar-refractivity contribution in [3.05, 3.63) is 23.7 Å². The molecule has 0 aliphatic carbocycles. The van der Waals surface area contributed by atoms with Gasteiger partial charge in [0.05, 0.1) is 15.7 Å². The molecule has 2 rings (SSSR count). The second kappa shape index (κ2) is 3.41. The maximum atomic E-state index is 10.4. The van der Waals surface area contributed by atoms with Crippen molar-refractivity contribution in [2.45, 2.75) is 0 Å². The van der Waals surface area contributed by atoms with Gasteiger partial charge in [-0.2, -0.15) is 4.21 Å². The fourth-order valence-electron chi connectivity index (χ4n) is 1.00. The molecule has 1 heterocycles. The first-order chi connectivity index (χ1) is 6.27. The molecule has 0 spiro atoms. The lowest BCUT2D eigenvalue weighted by atomic mass is 10.3. The molecule has 0 saturated heterocycles. The summed E-state index contributed by atoms with van der Waals surface area (Å²) < 4.78 is 24.4. The molecule has 6 heteroatoms. The average Bonchev–Trinajstić information content (AvgIpc) is 2.51. The molecule has 0 amide bonds. The molecule has 0 aliphatic heterocycles. The lowest BCUT2D eigenvalue weighted by Crippen LogP contribution is -1.96. The molecule has 1 atom stereocenters. The van der Waals surface area contributed by atoms with Crippen molar-refractivity contribution in [1.82, 2.24) is 4.98 Å². The van der Waals surface area contributed by atoms with Gasteiger partial charge in [-0.1, -0.05) is 6.07 Å². The molecule has 0 radical (unpaired) electrons. The SMILES string of the molecule is O=S(O)Oc1cccc2ncsc12. The van der Waals surface area contributed by atoms with E-state index in [1.807, 2.05) is 6.07 Å². The molecule has 0 fully saturated rings. The molecule has 1 aromatic heterocycles. The Labute approximate surface area is 80.7 Å². The zero-order valence-corrected chi connectivity index (χ0v) is 7.97. The van der Waals surface area contributed by atoms with E-state index < -0.39 is 11.4 Å². The largest absolute Gasteiger partial charge is 0.379 e. The highest BCUT2D eigenvalue weighted by molar-refractivity contribution is 7.74. The molecule has 1 unspecified atom stereocenters. The van der Waals surface area contributed by atoms with Crippen molar-refractivity contribution in [2.24, 2.45) is 0 Å². The van der Waals surface area contributed by atoms with E-state index in [2.05, 4.69) is 9.17 Å². The first-order valence-electron chi connectivity index (χ1n) is 3.39. The highest BCUT2D eigenvalue weighted by Gasteiger charge is 2.06. The fourth-order valence-corrected chi connectivity index (χ4v) is 2.09. The molecule has 0 aliphatic rings. The predicted octanol–water partition coefficient (Wildman–Crippen LogP) is 1.81. The molecule has 4 nitrogen and oxygen atoms in total. The van der Waals surface area contributed by atoms with Crippen molar-refractivity contribution in [3.8, 4) is 5.75 Å². The topological polar surface area (TPSA) is 59.4 Å². The number of hydrogen-bond donors (Lipinski definition) is 1. The van der Waals surface area contributed by atoms with Gasteiger partial charge in [0.2, 0.25) is 0 Å². The summed E-state index contributed by atoms with van der Waals surface area (Å²) in [5.74, 6) is 0.390. The van der Waals surface area contributed by atoms with Gasteiger partial charge in [0.1, 0.15) is 0 Å². The third-order valence-corrected chi connectivity index (χ3v) is 2.66. The summed E-state index contributed by atoms with van der Waals surface area (Å²) in [5.41, 5.74) is 2.44. The minimum atomic E-state index is -2.28. The first kappa shape index (κ1) is 8.61. The summed E-state index contributed by atoms with van der Waals surface area (Å²) in [7, 11) is 0. The van der Waals surface area contributed by atoms with Crippen LogP contribution in [0.4, 0.5) is 0 Å². The molecule has 0 saturated carbocycles. The Balaban J connectivity index is 2.54. The second-order valence-electron chi connectivity index (χ2n) is 2.26. The van der Waals surface area contributed by atoms with E-state index >= 15 is 0 Å². The third-order valence-electron chi connectivity index (χ3n) is 1.48. The third kappa shape index (κ3) is 1.69. The van der Waals surface area contributed by atoms with Gasteiger partial charge in [0.25, 0.3) is 0 Å². The standard InChI is InChI=1S/C7H5NO3S2/c9-13(10)11-6-3-1-2-5-7(6)12-4-8-5/h1-4H,(H,9,10). The van der Waals surface area contributed by atoms with Gasteiger partial charge in [-0.25, -0.2) is 4.98 Å². The number of rotatable bonds is 2.